The van der Waals surface area contributed by atoms with Crippen molar-refractivity contribution >= 4 is 35.8 Å². The molecule has 1 aliphatic heterocycles. The van der Waals surface area contributed by atoms with Crippen molar-refractivity contribution in [2.45, 2.75) is 39.3 Å². The molecule has 2 rings (SSSR count). The molecule has 1 amide bonds. The van der Waals surface area contributed by atoms with Crippen LogP contribution in [-0.2, 0) is 17.9 Å². The van der Waals surface area contributed by atoms with E-state index in [0.717, 1.165) is 44.6 Å². The van der Waals surface area contributed by atoms with Crippen LogP contribution in [0, 0.1) is 5.82 Å². The smallest absolute Gasteiger partial charge is 0.222 e. The first-order valence-electron chi connectivity index (χ1n) is 8.82. The molecule has 0 aliphatic carbocycles. The Morgan fingerprint density at radius 3 is 2.85 bits per heavy atom. The van der Waals surface area contributed by atoms with Gasteiger partial charge in [-0.3, -0.25) is 4.79 Å². The van der Waals surface area contributed by atoms with Crippen molar-refractivity contribution in [3.63, 3.8) is 0 Å². The van der Waals surface area contributed by atoms with E-state index in [4.69, 9.17) is 5.11 Å². The fraction of sp³-hybridized carbons (Fsp3) is 0.556. The van der Waals surface area contributed by atoms with E-state index < -0.39 is 5.82 Å². The molecular formula is C18H28FIN4O2. The molecule has 1 heterocycles. The number of hydrogen-bond acceptors (Lipinski definition) is 3. The Kier molecular flexibility index (Phi) is 10.5. The summed E-state index contributed by atoms with van der Waals surface area (Å²) >= 11 is 0. The summed E-state index contributed by atoms with van der Waals surface area (Å²) in [5.41, 5.74) is 1.12. The Labute approximate surface area is 171 Å². The molecule has 146 valence electrons. The summed E-state index contributed by atoms with van der Waals surface area (Å²) in [6, 6.07) is 4.64. The second kappa shape index (κ2) is 12.1. The van der Waals surface area contributed by atoms with Gasteiger partial charge in [-0.05, 0) is 37.5 Å². The molecule has 0 spiro atoms. The van der Waals surface area contributed by atoms with Gasteiger partial charge in [-0.1, -0.05) is 6.07 Å². The van der Waals surface area contributed by atoms with Crippen molar-refractivity contribution in [2.24, 2.45) is 4.99 Å². The van der Waals surface area contributed by atoms with Crippen molar-refractivity contribution < 1.29 is 14.3 Å². The number of guanidine groups is 1. The van der Waals surface area contributed by atoms with Crippen LogP contribution < -0.4 is 10.6 Å². The number of hydrogen-bond donors (Lipinski definition) is 3. The molecule has 0 aromatic heterocycles. The number of halogens is 2. The average Bonchev–Trinajstić information content (AvgIpc) is 3.02. The van der Waals surface area contributed by atoms with Crippen LogP contribution in [0.25, 0.3) is 0 Å². The molecule has 1 aromatic carbocycles. The lowest BCUT2D eigenvalue weighted by Crippen LogP contribution is -2.39. The number of aliphatic hydroxyl groups excluding tert-OH is 1. The van der Waals surface area contributed by atoms with Gasteiger partial charge in [-0.2, -0.15) is 0 Å². The van der Waals surface area contributed by atoms with Crippen molar-refractivity contribution in [3.8, 4) is 0 Å². The van der Waals surface area contributed by atoms with Crippen LogP contribution in [0.4, 0.5) is 4.39 Å². The summed E-state index contributed by atoms with van der Waals surface area (Å²) in [6.45, 7) is 5.16. The minimum absolute atomic E-state index is 0. The van der Waals surface area contributed by atoms with Crippen LogP contribution in [0.5, 0.6) is 0 Å². The molecule has 1 aromatic rings. The number of rotatable bonds is 8. The summed E-state index contributed by atoms with van der Waals surface area (Å²) in [6.07, 6.45) is 2.50. The molecule has 26 heavy (non-hydrogen) atoms. The van der Waals surface area contributed by atoms with E-state index in [2.05, 4.69) is 15.6 Å². The first-order valence-corrected chi connectivity index (χ1v) is 8.82. The number of amides is 1. The van der Waals surface area contributed by atoms with Gasteiger partial charge in [0.15, 0.2) is 5.96 Å². The Morgan fingerprint density at radius 2 is 2.19 bits per heavy atom. The zero-order chi connectivity index (χ0) is 18.1. The summed E-state index contributed by atoms with van der Waals surface area (Å²) in [5.74, 6) is 0.526. The average molecular weight is 478 g/mol. The quantitative estimate of drug-likeness (QED) is 0.231. The fourth-order valence-electron chi connectivity index (χ4n) is 2.78. The Balaban J connectivity index is 0.00000338. The highest BCUT2D eigenvalue weighted by Crippen LogP contribution is 2.11. The van der Waals surface area contributed by atoms with E-state index in [1.165, 1.54) is 6.07 Å². The van der Waals surface area contributed by atoms with Gasteiger partial charge in [0, 0.05) is 38.2 Å². The third-order valence-corrected chi connectivity index (χ3v) is 4.11. The van der Waals surface area contributed by atoms with Crippen molar-refractivity contribution in [1.82, 2.24) is 15.5 Å². The molecule has 0 bridgehead atoms. The summed E-state index contributed by atoms with van der Waals surface area (Å²) < 4.78 is 13.4. The lowest BCUT2D eigenvalue weighted by atomic mass is 10.1. The SMILES string of the molecule is CCNC(=NCc1ccc(F)c(CO)c1)NCCCN1CCCC1=O.I. The first kappa shape index (κ1) is 22.6. The molecule has 1 saturated heterocycles. The highest BCUT2D eigenvalue weighted by Gasteiger charge is 2.18. The largest absolute Gasteiger partial charge is 0.392 e. The van der Waals surface area contributed by atoms with Crippen LogP contribution in [0.3, 0.4) is 0 Å². The van der Waals surface area contributed by atoms with Gasteiger partial charge in [-0.25, -0.2) is 9.38 Å². The highest BCUT2D eigenvalue weighted by atomic mass is 127. The maximum atomic E-state index is 13.4. The predicted octanol–water partition coefficient (Wildman–Crippen LogP) is 2.00. The van der Waals surface area contributed by atoms with Gasteiger partial charge in [-0.15, -0.1) is 24.0 Å². The molecule has 0 unspecified atom stereocenters. The number of aliphatic imine (C=N–C) groups is 1. The Bertz CT molecular complexity index is 613. The zero-order valence-electron chi connectivity index (χ0n) is 15.1. The molecule has 8 heteroatoms. The highest BCUT2D eigenvalue weighted by molar-refractivity contribution is 14.0. The van der Waals surface area contributed by atoms with Gasteiger partial charge in [0.25, 0.3) is 0 Å². The summed E-state index contributed by atoms with van der Waals surface area (Å²) in [7, 11) is 0. The number of nitrogens with zero attached hydrogens (tertiary/aromatic N) is 2. The molecule has 0 atom stereocenters. The molecule has 1 fully saturated rings. The van der Waals surface area contributed by atoms with Gasteiger partial charge in [0.05, 0.1) is 13.2 Å². The fourth-order valence-corrected chi connectivity index (χ4v) is 2.78. The van der Waals surface area contributed by atoms with E-state index in [1.807, 2.05) is 11.8 Å². The van der Waals surface area contributed by atoms with Gasteiger partial charge in [0.2, 0.25) is 5.91 Å². The normalized spacial score (nSPS) is 14.3. The van der Waals surface area contributed by atoms with E-state index in [9.17, 15) is 9.18 Å². The second-order valence-corrected chi connectivity index (χ2v) is 6.04. The number of carbonyl (C=O) groups excluding carboxylic acids is 1. The maximum Gasteiger partial charge on any atom is 0.222 e. The molecule has 6 nitrogen and oxygen atoms in total. The second-order valence-electron chi connectivity index (χ2n) is 6.04. The van der Waals surface area contributed by atoms with E-state index in [0.29, 0.717) is 18.9 Å². The zero-order valence-corrected chi connectivity index (χ0v) is 17.5. The lowest BCUT2D eigenvalue weighted by Gasteiger charge is -2.16. The van der Waals surface area contributed by atoms with Gasteiger partial charge in [0.1, 0.15) is 5.82 Å². The van der Waals surface area contributed by atoms with Crippen LogP contribution in [0.1, 0.15) is 37.3 Å². The number of carbonyl (C=O) groups is 1. The molecule has 3 N–H and O–H groups in total. The molecule has 0 saturated carbocycles. The predicted molar refractivity (Wildman–Crippen MR) is 111 cm³/mol. The number of likely N-dealkylation sites (tertiary alicyclic amines) is 1. The van der Waals surface area contributed by atoms with Gasteiger partial charge >= 0.3 is 0 Å². The van der Waals surface area contributed by atoms with Crippen molar-refractivity contribution in [1.29, 1.82) is 0 Å². The summed E-state index contributed by atoms with van der Waals surface area (Å²) in [5, 5.41) is 15.5. The number of nitrogens with one attached hydrogen (secondary N) is 2. The van der Waals surface area contributed by atoms with Crippen LogP contribution >= 0.6 is 24.0 Å². The van der Waals surface area contributed by atoms with Crippen LogP contribution in [0.15, 0.2) is 23.2 Å². The molecular weight excluding hydrogens is 450 g/mol. The van der Waals surface area contributed by atoms with E-state index in [-0.39, 0.29) is 42.1 Å². The van der Waals surface area contributed by atoms with Crippen molar-refractivity contribution in [2.75, 3.05) is 26.2 Å². The van der Waals surface area contributed by atoms with Crippen LogP contribution in [0.2, 0.25) is 0 Å². The summed E-state index contributed by atoms with van der Waals surface area (Å²) in [4.78, 5) is 18.0. The standard InChI is InChI=1S/C18H27FN4O2.HI/c1-2-20-18(21-8-4-10-23-9-3-5-17(23)25)22-12-14-6-7-16(19)15(11-14)13-24;/h6-7,11,24H,2-5,8-10,12-13H2,1H3,(H2,20,21,22);1H. The third kappa shape index (κ3) is 7.06. The molecule has 1 aliphatic rings. The number of aliphatic hydroxyl groups is 1. The van der Waals surface area contributed by atoms with Crippen LogP contribution in [-0.4, -0.2) is 48.1 Å². The van der Waals surface area contributed by atoms with E-state index in [1.54, 1.807) is 12.1 Å². The number of benzene rings is 1. The topological polar surface area (TPSA) is 77.0 Å². The minimum Gasteiger partial charge on any atom is -0.392 e. The Morgan fingerprint density at radius 1 is 1.38 bits per heavy atom. The lowest BCUT2D eigenvalue weighted by molar-refractivity contribution is -0.127. The third-order valence-electron chi connectivity index (χ3n) is 4.11. The monoisotopic (exact) mass is 478 g/mol. The first-order chi connectivity index (χ1) is 12.1. The van der Waals surface area contributed by atoms with Crippen molar-refractivity contribution in [3.05, 3.63) is 35.1 Å². The van der Waals surface area contributed by atoms with Gasteiger partial charge < -0.3 is 20.6 Å². The molecule has 0 radical (unpaired) electrons. The minimum atomic E-state index is -0.406. The Hall–Kier alpha value is -1.42. The van der Waals surface area contributed by atoms with E-state index >= 15 is 0 Å². The maximum absolute atomic E-state index is 13.4.